The van der Waals surface area contributed by atoms with Gasteiger partial charge >= 0.3 is 5.97 Å². The second-order valence-corrected chi connectivity index (χ2v) is 3.67. The molecule has 16 heavy (non-hydrogen) atoms. The molecule has 4 nitrogen and oxygen atoms in total. The molecule has 1 unspecified atom stereocenters. The van der Waals surface area contributed by atoms with Gasteiger partial charge in [0, 0.05) is 11.8 Å². The largest absolute Gasteiger partial charge is 0.465 e. The maximum absolute atomic E-state index is 11.7. The van der Waals surface area contributed by atoms with Crippen LogP contribution in [0.2, 0.25) is 5.15 Å². The first kappa shape index (κ1) is 12.9. The molecule has 0 bridgehead atoms. The van der Waals surface area contributed by atoms with E-state index in [-0.39, 0.29) is 17.3 Å². The number of ether oxygens (including phenoxy) is 1. The van der Waals surface area contributed by atoms with Gasteiger partial charge in [-0.25, -0.2) is 9.78 Å². The van der Waals surface area contributed by atoms with Crippen molar-refractivity contribution < 1.29 is 14.3 Å². The van der Waals surface area contributed by atoms with Gasteiger partial charge in [-0.1, -0.05) is 11.6 Å². The number of ketones is 1. The molecule has 0 saturated heterocycles. The lowest BCUT2D eigenvalue weighted by Gasteiger charge is -2.07. The average molecular weight is 262 g/mol. The van der Waals surface area contributed by atoms with Crippen LogP contribution in [0.5, 0.6) is 0 Å². The van der Waals surface area contributed by atoms with Gasteiger partial charge < -0.3 is 4.74 Å². The molecule has 1 aromatic rings. The van der Waals surface area contributed by atoms with E-state index in [9.17, 15) is 9.59 Å². The van der Waals surface area contributed by atoms with Crippen molar-refractivity contribution in [2.24, 2.45) is 0 Å². The lowest BCUT2D eigenvalue weighted by molar-refractivity contribution is -0.141. The third-order valence-corrected chi connectivity index (χ3v) is 2.34. The Balaban J connectivity index is 2.78. The molecule has 0 aliphatic rings. The zero-order valence-electron chi connectivity index (χ0n) is 8.44. The molecule has 1 aromatic heterocycles. The number of hydrogen-bond donors (Lipinski definition) is 0. The van der Waals surface area contributed by atoms with Crippen LogP contribution in [0.3, 0.4) is 0 Å². The van der Waals surface area contributed by atoms with Crippen LogP contribution >= 0.6 is 23.2 Å². The number of halogens is 2. The predicted octanol–water partition coefficient (Wildman–Crippen LogP) is 2.09. The molecule has 6 heteroatoms. The minimum atomic E-state index is -1.34. The lowest BCUT2D eigenvalue weighted by atomic mass is 10.1. The summed E-state index contributed by atoms with van der Waals surface area (Å²) in [5.74, 6) is -1.31. The van der Waals surface area contributed by atoms with E-state index in [2.05, 4.69) is 9.72 Å². The van der Waals surface area contributed by atoms with Gasteiger partial charge in [0.05, 0.1) is 6.61 Å². The Hall–Kier alpha value is -1.13. The lowest BCUT2D eigenvalue weighted by Crippen LogP contribution is -2.27. The molecule has 0 fully saturated rings. The van der Waals surface area contributed by atoms with Crippen molar-refractivity contribution in [1.29, 1.82) is 0 Å². The van der Waals surface area contributed by atoms with Crippen LogP contribution in [0.4, 0.5) is 0 Å². The summed E-state index contributed by atoms with van der Waals surface area (Å²) in [4.78, 5) is 26.6. The van der Waals surface area contributed by atoms with Gasteiger partial charge in [0.25, 0.3) is 0 Å². The first-order chi connectivity index (χ1) is 7.56. The van der Waals surface area contributed by atoms with E-state index in [4.69, 9.17) is 23.2 Å². The number of carbonyl (C=O) groups excluding carboxylic acids is 2. The summed E-state index contributed by atoms with van der Waals surface area (Å²) in [5, 5.41) is -1.08. The van der Waals surface area contributed by atoms with E-state index < -0.39 is 17.1 Å². The normalized spacial score (nSPS) is 11.9. The monoisotopic (exact) mass is 261 g/mol. The molecule has 0 radical (unpaired) electrons. The van der Waals surface area contributed by atoms with E-state index in [1.807, 2.05) is 0 Å². The van der Waals surface area contributed by atoms with Crippen molar-refractivity contribution in [3.05, 3.63) is 29.0 Å². The smallest absolute Gasteiger partial charge is 0.332 e. The summed E-state index contributed by atoms with van der Waals surface area (Å²) in [6, 6.07) is 2.90. The van der Waals surface area contributed by atoms with Crippen molar-refractivity contribution >= 4 is 35.0 Å². The molecule has 0 aromatic carbocycles. The molecule has 86 valence electrons. The Morgan fingerprint density at radius 2 is 2.19 bits per heavy atom. The highest BCUT2D eigenvalue weighted by Crippen LogP contribution is 2.11. The average Bonchev–Trinajstić information content (AvgIpc) is 2.28. The number of Topliss-reactive ketones (excluding diaryl/α,β-unsaturated/α-hetero) is 1. The van der Waals surface area contributed by atoms with Gasteiger partial charge in [-0.3, -0.25) is 4.79 Å². The molecular weight excluding hydrogens is 253 g/mol. The predicted molar refractivity (Wildman–Crippen MR) is 59.9 cm³/mol. The van der Waals surface area contributed by atoms with Gasteiger partial charge in [0.15, 0.2) is 11.2 Å². The highest BCUT2D eigenvalue weighted by Gasteiger charge is 2.26. The van der Waals surface area contributed by atoms with E-state index in [1.165, 1.54) is 18.3 Å². The highest BCUT2D eigenvalue weighted by molar-refractivity contribution is 6.43. The van der Waals surface area contributed by atoms with Crippen molar-refractivity contribution in [2.75, 3.05) is 6.61 Å². The first-order valence-corrected chi connectivity index (χ1v) is 5.34. The molecule has 1 rings (SSSR count). The Morgan fingerprint density at radius 3 is 2.69 bits per heavy atom. The molecule has 1 atom stereocenters. The fourth-order valence-electron chi connectivity index (χ4n) is 0.990. The van der Waals surface area contributed by atoms with Crippen LogP contribution in [0, 0.1) is 0 Å². The summed E-state index contributed by atoms with van der Waals surface area (Å²) >= 11 is 11.2. The van der Waals surface area contributed by atoms with Crippen molar-refractivity contribution in [3.8, 4) is 0 Å². The highest BCUT2D eigenvalue weighted by atomic mass is 35.5. The SMILES string of the molecule is CCOC(=O)C(Cl)C(=O)c1ccc(Cl)nc1. The molecular formula is C10H9Cl2NO3. The Bertz CT molecular complexity index is 392. The summed E-state index contributed by atoms with van der Waals surface area (Å²) in [5.41, 5.74) is 0.220. The molecule has 0 aliphatic carbocycles. The van der Waals surface area contributed by atoms with Gasteiger partial charge in [0.2, 0.25) is 0 Å². The molecule has 0 saturated carbocycles. The molecule has 1 heterocycles. The van der Waals surface area contributed by atoms with Gasteiger partial charge in [-0.15, -0.1) is 11.6 Å². The number of pyridine rings is 1. The van der Waals surface area contributed by atoms with E-state index in [0.717, 1.165) is 0 Å². The van der Waals surface area contributed by atoms with Gasteiger partial charge in [-0.2, -0.15) is 0 Å². The summed E-state index contributed by atoms with van der Waals surface area (Å²) < 4.78 is 4.63. The summed E-state index contributed by atoms with van der Waals surface area (Å²) in [7, 11) is 0. The van der Waals surface area contributed by atoms with E-state index in [1.54, 1.807) is 6.92 Å². The topological polar surface area (TPSA) is 56.3 Å². The number of alkyl halides is 1. The van der Waals surface area contributed by atoms with Crippen molar-refractivity contribution in [2.45, 2.75) is 12.3 Å². The summed E-state index contributed by atoms with van der Waals surface area (Å²) in [6.07, 6.45) is 1.26. The third kappa shape index (κ3) is 3.18. The third-order valence-electron chi connectivity index (χ3n) is 1.74. The first-order valence-electron chi connectivity index (χ1n) is 4.52. The van der Waals surface area contributed by atoms with Crippen LogP contribution in [0.1, 0.15) is 17.3 Å². The zero-order valence-corrected chi connectivity index (χ0v) is 9.96. The number of carbonyl (C=O) groups is 2. The summed E-state index contributed by atoms with van der Waals surface area (Å²) in [6.45, 7) is 1.81. The van der Waals surface area contributed by atoms with Crippen LogP contribution in [-0.2, 0) is 9.53 Å². The Morgan fingerprint density at radius 1 is 1.50 bits per heavy atom. The fraction of sp³-hybridized carbons (Fsp3) is 0.300. The molecule has 0 aliphatic heterocycles. The van der Waals surface area contributed by atoms with Gasteiger partial charge in [0.1, 0.15) is 5.15 Å². The van der Waals surface area contributed by atoms with Crippen LogP contribution in [0.15, 0.2) is 18.3 Å². The van der Waals surface area contributed by atoms with Crippen LogP contribution < -0.4 is 0 Å². The standard InChI is InChI=1S/C10H9Cl2NO3/c1-2-16-10(15)8(12)9(14)6-3-4-7(11)13-5-6/h3-5,8H,2H2,1H3. The molecule has 0 spiro atoms. The minimum Gasteiger partial charge on any atom is -0.465 e. The number of hydrogen-bond acceptors (Lipinski definition) is 4. The Labute approximate surface area is 103 Å². The van der Waals surface area contributed by atoms with Crippen LogP contribution in [-0.4, -0.2) is 28.7 Å². The van der Waals surface area contributed by atoms with Crippen molar-refractivity contribution in [1.82, 2.24) is 4.98 Å². The quantitative estimate of drug-likeness (QED) is 0.274. The van der Waals surface area contributed by atoms with Crippen molar-refractivity contribution in [3.63, 3.8) is 0 Å². The van der Waals surface area contributed by atoms with Gasteiger partial charge in [-0.05, 0) is 19.1 Å². The Kier molecular flexibility index (Phi) is 4.71. The number of aromatic nitrogens is 1. The maximum atomic E-state index is 11.7. The maximum Gasteiger partial charge on any atom is 0.332 e. The number of nitrogens with zero attached hydrogens (tertiary/aromatic N) is 1. The molecule has 0 N–H and O–H groups in total. The number of esters is 1. The second kappa shape index (κ2) is 5.82. The minimum absolute atomic E-state index is 0.175. The molecule has 0 amide bonds. The second-order valence-electron chi connectivity index (χ2n) is 2.85. The van der Waals surface area contributed by atoms with E-state index >= 15 is 0 Å². The fourth-order valence-corrected chi connectivity index (χ4v) is 1.29. The van der Waals surface area contributed by atoms with Crippen LogP contribution in [0.25, 0.3) is 0 Å². The zero-order chi connectivity index (χ0) is 12.1. The van der Waals surface area contributed by atoms with E-state index in [0.29, 0.717) is 0 Å². The number of rotatable bonds is 4.